The van der Waals surface area contributed by atoms with E-state index >= 15 is 0 Å². The number of anilines is 1. The fourth-order valence-corrected chi connectivity index (χ4v) is 2.41. The van der Waals surface area contributed by atoms with Crippen LogP contribution in [-0.2, 0) is 13.1 Å². The largest absolute Gasteiger partial charge is 0.370 e. The van der Waals surface area contributed by atoms with Gasteiger partial charge in [-0.25, -0.2) is 0 Å². The maximum Gasteiger partial charge on any atom is 0.0426 e. The summed E-state index contributed by atoms with van der Waals surface area (Å²) in [6.07, 6.45) is 0. The second-order valence-corrected chi connectivity index (χ2v) is 6.60. The van der Waals surface area contributed by atoms with E-state index in [9.17, 15) is 0 Å². The minimum Gasteiger partial charge on any atom is -0.370 e. The van der Waals surface area contributed by atoms with Gasteiger partial charge in [-0.15, -0.1) is 0 Å². The molecule has 0 amide bonds. The van der Waals surface area contributed by atoms with Crippen molar-refractivity contribution in [2.75, 3.05) is 11.9 Å². The van der Waals surface area contributed by atoms with E-state index in [1.165, 1.54) is 16.8 Å². The van der Waals surface area contributed by atoms with E-state index in [1.807, 2.05) is 0 Å². The topological polar surface area (TPSA) is 15.3 Å². The first kappa shape index (κ1) is 16.1. The van der Waals surface area contributed by atoms with E-state index in [1.54, 1.807) is 0 Å². The van der Waals surface area contributed by atoms with Crippen LogP contribution in [0.5, 0.6) is 0 Å². The lowest BCUT2D eigenvalue weighted by Gasteiger charge is -2.20. The molecule has 2 aromatic carbocycles. The smallest absolute Gasteiger partial charge is 0.0426 e. The molecular weight excluding hydrogens is 324 g/mol. The number of hydrogen-bond donors (Lipinski definition) is 1. The van der Waals surface area contributed by atoms with Crippen LogP contribution in [0.15, 0.2) is 53.0 Å². The van der Waals surface area contributed by atoms with Crippen molar-refractivity contribution in [2.24, 2.45) is 0 Å². The standard InChI is InChI=1S/C18H23BrN2/c1-14(2)20-12-15-6-10-18(11-7-15)21(3)13-16-4-8-17(19)9-5-16/h4-11,14,20H,12-13H2,1-3H3. The third-order valence-corrected chi connectivity index (χ3v) is 3.95. The van der Waals surface area contributed by atoms with Gasteiger partial charge in [0.25, 0.3) is 0 Å². The molecule has 0 atom stereocenters. The summed E-state index contributed by atoms with van der Waals surface area (Å²) in [7, 11) is 2.13. The third-order valence-electron chi connectivity index (χ3n) is 3.42. The first-order valence-electron chi connectivity index (χ1n) is 7.32. The number of halogens is 1. The lowest BCUT2D eigenvalue weighted by Crippen LogP contribution is -2.22. The summed E-state index contributed by atoms with van der Waals surface area (Å²) in [4.78, 5) is 2.27. The van der Waals surface area contributed by atoms with Gasteiger partial charge in [0.05, 0.1) is 0 Å². The van der Waals surface area contributed by atoms with Crippen LogP contribution in [0.1, 0.15) is 25.0 Å². The Morgan fingerprint density at radius 2 is 1.52 bits per heavy atom. The summed E-state index contributed by atoms with van der Waals surface area (Å²) in [5, 5.41) is 3.44. The molecule has 2 nitrogen and oxygen atoms in total. The molecule has 2 rings (SSSR count). The van der Waals surface area contributed by atoms with Crippen molar-refractivity contribution >= 4 is 21.6 Å². The van der Waals surface area contributed by atoms with Crippen molar-refractivity contribution in [3.8, 4) is 0 Å². The molecule has 21 heavy (non-hydrogen) atoms. The van der Waals surface area contributed by atoms with Crippen molar-refractivity contribution < 1.29 is 0 Å². The SMILES string of the molecule is CC(C)NCc1ccc(N(C)Cc2ccc(Br)cc2)cc1. The Kier molecular flexibility index (Phi) is 5.83. The summed E-state index contributed by atoms with van der Waals surface area (Å²) in [5.41, 5.74) is 3.88. The van der Waals surface area contributed by atoms with Crippen LogP contribution in [0, 0.1) is 0 Å². The van der Waals surface area contributed by atoms with Crippen LogP contribution >= 0.6 is 15.9 Å². The minimum absolute atomic E-state index is 0.518. The summed E-state index contributed by atoms with van der Waals surface area (Å²) >= 11 is 3.47. The van der Waals surface area contributed by atoms with E-state index in [0.29, 0.717) is 6.04 Å². The molecule has 0 aliphatic carbocycles. The Balaban J connectivity index is 1.96. The highest BCUT2D eigenvalue weighted by Crippen LogP contribution is 2.18. The Morgan fingerprint density at radius 3 is 2.10 bits per heavy atom. The average Bonchev–Trinajstić information content (AvgIpc) is 2.48. The molecule has 2 aromatic rings. The van der Waals surface area contributed by atoms with Crippen molar-refractivity contribution in [3.05, 3.63) is 64.1 Å². The molecule has 3 heteroatoms. The first-order valence-corrected chi connectivity index (χ1v) is 8.12. The molecule has 0 aliphatic heterocycles. The second-order valence-electron chi connectivity index (χ2n) is 5.68. The second kappa shape index (κ2) is 7.62. The van der Waals surface area contributed by atoms with Crippen molar-refractivity contribution in [3.63, 3.8) is 0 Å². The average molecular weight is 347 g/mol. The quantitative estimate of drug-likeness (QED) is 0.823. The highest BCUT2D eigenvalue weighted by molar-refractivity contribution is 9.10. The molecule has 0 aliphatic rings. The van der Waals surface area contributed by atoms with E-state index < -0.39 is 0 Å². The predicted molar refractivity (Wildman–Crippen MR) is 94.7 cm³/mol. The van der Waals surface area contributed by atoms with Gasteiger partial charge < -0.3 is 10.2 Å². The summed E-state index contributed by atoms with van der Waals surface area (Å²) in [6, 6.07) is 17.8. The predicted octanol–water partition coefficient (Wildman–Crippen LogP) is 4.58. The zero-order chi connectivity index (χ0) is 15.2. The lowest BCUT2D eigenvalue weighted by molar-refractivity contribution is 0.589. The van der Waals surface area contributed by atoms with Crippen LogP contribution < -0.4 is 10.2 Å². The van der Waals surface area contributed by atoms with Crippen LogP contribution in [0.2, 0.25) is 0 Å². The van der Waals surface area contributed by atoms with Gasteiger partial charge in [0.15, 0.2) is 0 Å². The molecule has 0 fully saturated rings. The molecule has 0 bridgehead atoms. The minimum atomic E-state index is 0.518. The number of hydrogen-bond acceptors (Lipinski definition) is 2. The molecular formula is C18H23BrN2. The zero-order valence-electron chi connectivity index (χ0n) is 12.9. The van der Waals surface area contributed by atoms with Crippen LogP contribution in [0.3, 0.4) is 0 Å². The van der Waals surface area contributed by atoms with Gasteiger partial charge in [-0.2, -0.15) is 0 Å². The van der Waals surface area contributed by atoms with Crippen LogP contribution in [0.25, 0.3) is 0 Å². The highest BCUT2D eigenvalue weighted by atomic mass is 79.9. The van der Waals surface area contributed by atoms with Crippen LogP contribution in [0.4, 0.5) is 5.69 Å². The van der Waals surface area contributed by atoms with E-state index in [-0.39, 0.29) is 0 Å². The molecule has 0 heterocycles. The monoisotopic (exact) mass is 346 g/mol. The summed E-state index contributed by atoms with van der Waals surface area (Å²) in [5.74, 6) is 0. The first-order chi connectivity index (χ1) is 10.0. The lowest BCUT2D eigenvalue weighted by atomic mass is 10.1. The zero-order valence-corrected chi connectivity index (χ0v) is 14.5. The molecule has 0 unspecified atom stereocenters. The third kappa shape index (κ3) is 5.18. The maximum absolute atomic E-state index is 3.47. The van der Waals surface area contributed by atoms with Gasteiger partial charge in [-0.1, -0.05) is 54.0 Å². The summed E-state index contributed by atoms with van der Waals surface area (Å²) < 4.78 is 1.12. The molecule has 1 N–H and O–H groups in total. The highest BCUT2D eigenvalue weighted by Gasteiger charge is 2.03. The van der Waals surface area contributed by atoms with Gasteiger partial charge in [-0.05, 0) is 35.4 Å². The van der Waals surface area contributed by atoms with E-state index in [0.717, 1.165) is 17.6 Å². The van der Waals surface area contributed by atoms with Crippen molar-refractivity contribution in [1.29, 1.82) is 0 Å². The molecule has 0 saturated heterocycles. The Hall–Kier alpha value is -1.32. The molecule has 0 spiro atoms. The van der Waals surface area contributed by atoms with Gasteiger partial charge in [0.1, 0.15) is 0 Å². The maximum atomic E-state index is 3.47. The normalized spacial score (nSPS) is 10.9. The Bertz CT molecular complexity index is 546. The van der Waals surface area contributed by atoms with Gasteiger partial charge >= 0.3 is 0 Å². The summed E-state index contributed by atoms with van der Waals surface area (Å²) in [6.45, 7) is 6.17. The number of rotatable bonds is 6. The fraction of sp³-hybridized carbons (Fsp3) is 0.333. The molecule has 112 valence electrons. The van der Waals surface area contributed by atoms with Crippen molar-refractivity contribution in [2.45, 2.75) is 33.0 Å². The number of nitrogens with zero attached hydrogens (tertiary/aromatic N) is 1. The number of benzene rings is 2. The fourth-order valence-electron chi connectivity index (χ4n) is 2.15. The van der Waals surface area contributed by atoms with Gasteiger partial charge in [0, 0.05) is 36.3 Å². The van der Waals surface area contributed by atoms with Crippen LogP contribution in [-0.4, -0.2) is 13.1 Å². The van der Waals surface area contributed by atoms with E-state index in [4.69, 9.17) is 0 Å². The van der Waals surface area contributed by atoms with E-state index in [2.05, 4.69) is 95.6 Å². The van der Waals surface area contributed by atoms with Gasteiger partial charge in [-0.3, -0.25) is 0 Å². The van der Waals surface area contributed by atoms with Gasteiger partial charge in [0.2, 0.25) is 0 Å². The molecule has 0 radical (unpaired) electrons. The molecule has 0 saturated carbocycles. The molecule has 0 aromatic heterocycles. The van der Waals surface area contributed by atoms with Crippen molar-refractivity contribution in [1.82, 2.24) is 5.32 Å². The Labute approximate surface area is 136 Å². The number of nitrogens with one attached hydrogen (secondary N) is 1. The Morgan fingerprint density at radius 1 is 0.952 bits per heavy atom.